The summed E-state index contributed by atoms with van der Waals surface area (Å²) in [5.41, 5.74) is 1.28. The monoisotopic (exact) mass is 312 g/mol. The minimum atomic E-state index is 0.451. The molecule has 4 heterocycles. The van der Waals surface area contributed by atoms with Gasteiger partial charge in [-0.05, 0) is 45.0 Å². The van der Waals surface area contributed by atoms with Gasteiger partial charge in [-0.15, -0.1) is 10.2 Å². The highest BCUT2D eigenvalue weighted by Crippen LogP contribution is 2.39. The summed E-state index contributed by atoms with van der Waals surface area (Å²) in [7, 11) is 4.21. The van der Waals surface area contributed by atoms with Gasteiger partial charge in [0.1, 0.15) is 5.69 Å². The lowest BCUT2D eigenvalue weighted by Crippen LogP contribution is -2.45. The third kappa shape index (κ3) is 2.72. The molecular formula is C17H24N6. The van der Waals surface area contributed by atoms with Crippen LogP contribution in [0.1, 0.15) is 19.3 Å². The smallest absolute Gasteiger partial charge is 0.160 e. The van der Waals surface area contributed by atoms with Gasteiger partial charge in [-0.25, -0.2) is 4.98 Å². The van der Waals surface area contributed by atoms with Crippen molar-refractivity contribution in [1.29, 1.82) is 0 Å². The quantitative estimate of drug-likeness (QED) is 0.846. The second-order valence-corrected chi connectivity index (χ2v) is 7.15. The van der Waals surface area contributed by atoms with Crippen molar-refractivity contribution in [3.63, 3.8) is 0 Å². The van der Waals surface area contributed by atoms with Crippen LogP contribution in [0.4, 0.5) is 5.82 Å². The summed E-state index contributed by atoms with van der Waals surface area (Å²) < 4.78 is 1.97. The van der Waals surface area contributed by atoms with E-state index in [4.69, 9.17) is 0 Å². The molecule has 0 amide bonds. The summed E-state index contributed by atoms with van der Waals surface area (Å²) in [6.45, 7) is 4.62. The van der Waals surface area contributed by atoms with Crippen molar-refractivity contribution in [2.75, 3.05) is 38.1 Å². The van der Waals surface area contributed by atoms with E-state index in [-0.39, 0.29) is 0 Å². The highest BCUT2D eigenvalue weighted by molar-refractivity contribution is 5.52. The Hall–Kier alpha value is -1.95. The predicted molar refractivity (Wildman–Crippen MR) is 90.2 cm³/mol. The Labute approximate surface area is 137 Å². The first kappa shape index (κ1) is 14.6. The number of nitrogens with zero attached hydrogens (tertiary/aromatic N) is 6. The molecule has 2 aromatic heterocycles. The number of imidazole rings is 1. The molecule has 0 aromatic carbocycles. The number of likely N-dealkylation sites (tertiary alicyclic amines) is 1. The van der Waals surface area contributed by atoms with Crippen LogP contribution in [-0.4, -0.2) is 57.9 Å². The maximum atomic E-state index is 4.48. The second kappa shape index (κ2) is 5.60. The minimum absolute atomic E-state index is 0.451. The van der Waals surface area contributed by atoms with Crippen LogP contribution in [0.3, 0.4) is 0 Å². The summed E-state index contributed by atoms with van der Waals surface area (Å²) >= 11 is 0. The van der Waals surface area contributed by atoms with Crippen molar-refractivity contribution in [3.05, 3.63) is 24.5 Å². The van der Waals surface area contributed by atoms with Gasteiger partial charge in [-0.2, -0.15) is 0 Å². The van der Waals surface area contributed by atoms with Gasteiger partial charge in [-0.3, -0.25) is 0 Å². The van der Waals surface area contributed by atoms with E-state index < -0.39 is 0 Å². The average Bonchev–Trinajstić information content (AvgIpc) is 3.14. The first-order valence-corrected chi connectivity index (χ1v) is 8.40. The Kier molecular flexibility index (Phi) is 3.56. The standard InChI is InChI=1S/C17H24N6/c1-21-10-7-17(12-21)6-3-9-23(13-17)15-5-4-14(19-20-15)16-18-8-11-22(16)2/h4-5,8,11H,3,6-7,9-10,12-13H2,1-2H3. The van der Waals surface area contributed by atoms with Crippen molar-refractivity contribution in [3.8, 4) is 11.5 Å². The molecular weight excluding hydrogens is 288 g/mol. The number of hydrogen-bond acceptors (Lipinski definition) is 5. The van der Waals surface area contributed by atoms with Gasteiger partial charge in [0.05, 0.1) is 0 Å². The molecule has 2 aromatic rings. The maximum Gasteiger partial charge on any atom is 0.160 e. The normalized spacial score (nSPS) is 25.4. The molecule has 23 heavy (non-hydrogen) atoms. The molecule has 6 nitrogen and oxygen atoms in total. The average molecular weight is 312 g/mol. The van der Waals surface area contributed by atoms with Crippen molar-refractivity contribution < 1.29 is 0 Å². The first-order chi connectivity index (χ1) is 11.2. The summed E-state index contributed by atoms with van der Waals surface area (Å²) in [5, 5.41) is 8.88. The van der Waals surface area contributed by atoms with E-state index in [9.17, 15) is 0 Å². The van der Waals surface area contributed by atoms with Gasteiger partial charge in [0.15, 0.2) is 11.6 Å². The lowest BCUT2D eigenvalue weighted by Gasteiger charge is -2.40. The van der Waals surface area contributed by atoms with Crippen LogP contribution in [0.25, 0.3) is 11.5 Å². The molecule has 0 N–H and O–H groups in total. The molecule has 1 unspecified atom stereocenters. The number of rotatable bonds is 2. The molecule has 2 saturated heterocycles. The van der Waals surface area contributed by atoms with Crippen LogP contribution in [-0.2, 0) is 7.05 Å². The molecule has 122 valence electrons. The van der Waals surface area contributed by atoms with E-state index in [0.29, 0.717) is 5.41 Å². The van der Waals surface area contributed by atoms with E-state index >= 15 is 0 Å². The number of aryl methyl sites for hydroxylation is 1. The Balaban J connectivity index is 1.53. The molecule has 2 aliphatic heterocycles. The van der Waals surface area contributed by atoms with Crippen LogP contribution in [0.2, 0.25) is 0 Å². The fourth-order valence-corrected chi connectivity index (χ4v) is 4.12. The zero-order valence-electron chi connectivity index (χ0n) is 13.9. The lowest BCUT2D eigenvalue weighted by molar-refractivity contribution is 0.233. The maximum absolute atomic E-state index is 4.48. The number of anilines is 1. The second-order valence-electron chi connectivity index (χ2n) is 7.15. The van der Waals surface area contributed by atoms with Gasteiger partial charge in [-0.1, -0.05) is 0 Å². The summed E-state index contributed by atoms with van der Waals surface area (Å²) in [6.07, 6.45) is 7.61. The van der Waals surface area contributed by atoms with E-state index in [1.807, 2.05) is 23.9 Å². The van der Waals surface area contributed by atoms with Gasteiger partial charge < -0.3 is 14.4 Å². The Morgan fingerprint density at radius 1 is 1.04 bits per heavy atom. The van der Waals surface area contributed by atoms with E-state index in [1.165, 1.54) is 32.4 Å². The third-order valence-electron chi connectivity index (χ3n) is 5.32. The summed E-state index contributed by atoms with van der Waals surface area (Å²) in [4.78, 5) is 9.21. The molecule has 0 saturated carbocycles. The number of aromatic nitrogens is 4. The number of piperidine rings is 1. The highest BCUT2D eigenvalue weighted by atomic mass is 15.3. The van der Waals surface area contributed by atoms with Crippen LogP contribution < -0.4 is 4.90 Å². The Morgan fingerprint density at radius 3 is 2.61 bits per heavy atom. The predicted octanol–water partition coefficient (Wildman–Crippen LogP) is 1.80. The Morgan fingerprint density at radius 2 is 1.96 bits per heavy atom. The molecule has 0 aliphatic carbocycles. The zero-order chi connectivity index (χ0) is 15.9. The van der Waals surface area contributed by atoms with E-state index in [2.05, 4.69) is 38.1 Å². The van der Waals surface area contributed by atoms with Crippen LogP contribution >= 0.6 is 0 Å². The van der Waals surface area contributed by atoms with E-state index in [0.717, 1.165) is 30.4 Å². The molecule has 2 fully saturated rings. The van der Waals surface area contributed by atoms with Crippen LogP contribution in [0.15, 0.2) is 24.5 Å². The van der Waals surface area contributed by atoms with Gasteiger partial charge in [0.2, 0.25) is 0 Å². The van der Waals surface area contributed by atoms with Crippen LogP contribution in [0, 0.1) is 5.41 Å². The molecule has 0 bridgehead atoms. The van der Waals surface area contributed by atoms with Crippen LogP contribution in [0.5, 0.6) is 0 Å². The fourth-order valence-electron chi connectivity index (χ4n) is 4.12. The van der Waals surface area contributed by atoms with Crippen molar-refractivity contribution in [2.24, 2.45) is 12.5 Å². The summed E-state index contributed by atoms with van der Waals surface area (Å²) in [5.74, 6) is 1.85. The molecule has 4 rings (SSSR count). The first-order valence-electron chi connectivity index (χ1n) is 8.40. The highest BCUT2D eigenvalue weighted by Gasteiger charge is 2.40. The third-order valence-corrected chi connectivity index (χ3v) is 5.32. The largest absolute Gasteiger partial charge is 0.355 e. The van der Waals surface area contributed by atoms with Gasteiger partial charge >= 0.3 is 0 Å². The van der Waals surface area contributed by atoms with Crippen molar-refractivity contribution in [2.45, 2.75) is 19.3 Å². The molecule has 1 atom stereocenters. The summed E-state index contributed by atoms with van der Waals surface area (Å²) in [6, 6.07) is 4.13. The SMILES string of the molecule is CN1CCC2(CCCN(c3ccc(-c4nccn4C)nn3)C2)C1. The number of hydrogen-bond donors (Lipinski definition) is 0. The Bertz CT molecular complexity index is 675. The minimum Gasteiger partial charge on any atom is -0.355 e. The van der Waals surface area contributed by atoms with Gasteiger partial charge in [0, 0.05) is 44.5 Å². The van der Waals surface area contributed by atoms with Crippen molar-refractivity contribution in [1.82, 2.24) is 24.6 Å². The van der Waals surface area contributed by atoms with E-state index in [1.54, 1.807) is 6.20 Å². The fraction of sp³-hybridized carbons (Fsp3) is 0.588. The lowest BCUT2D eigenvalue weighted by atomic mass is 9.79. The topological polar surface area (TPSA) is 50.1 Å². The molecule has 6 heteroatoms. The zero-order valence-corrected chi connectivity index (χ0v) is 13.9. The molecule has 0 radical (unpaired) electrons. The van der Waals surface area contributed by atoms with Crippen molar-refractivity contribution >= 4 is 5.82 Å². The van der Waals surface area contributed by atoms with Gasteiger partial charge in [0.25, 0.3) is 0 Å². The molecule has 1 spiro atoms. The molecule has 2 aliphatic rings.